The van der Waals surface area contributed by atoms with Crippen LogP contribution in [0.15, 0.2) is 42.5 Å². The second-order valence-corrected chi connectivity index (χ2v) is 6.57. The van der Waals surface area contributed by atoms with Gasteiger partial charge in [-0.3, -0.25) is 0 Å². The molecule has 0 saturated heterocycles. The molecule has 0 radical (unpaired) electrons. The summed E-state index contributed by atoms with van der Waals surface area (Å²) in [5.74, 6) is 0.488. The van der Waals surface area contributed by atoms with E-state index in [1.165, 1.54) is 10.4 Å². The molecule has 2 aromatic rings. The maximum absolute atomic E-state index is 6.02. The van der Waals surface area contributed by atoms with Gasteiger partial charge in [-0.1, -0.05) is 55.8 Å². The van der Waals surface area contributed by atoms with E-state index in [-0.39, 0.29) is 0 Å². The van der Waals surface area contributed by atoms with Crippen molar-refractivity contribution >= 4 is 22.9 Å². The molecule has 2 rings (SSSR count). The number of halogens is 1. The van der Waals surface area contributed by atoms with Gasteiger partial charge in [0.2, 0.25) is 0 Å². The van der Waals surface area contributed by atoms with Gasteiger partial charge in [0.05, 0.1) is 4.34 Å². The molecule has 0 fully saturated rings. The fraction of sp³-hybridized carbons (Fsp3) is 0.375. The number of rotatable bonds is 6. The molecule has 0 aliphatic heterocycles. The van der Waals surface area contributed by atoms with Crippen molar-refractivity contribution in [1.29, 1.82) is 0 Å². The van der Waals surface area contributed by atoms with Gasteiger partial charge in [0.25, 0.3) is 0 Å². The largest absolute Gasteiger partial charge is 0.313 e. The van der Waals surface area contributed by atoms with Crippen LogP contribution in [-0.4, -0.2) is 12.6 Å². The predicted octanol–water partition coefficient (Wildman–Crippen LogP) is 4.73. The Labute approximate surface area is 124 Å². The van der Waals surface area contributed by atoms with E-state index in [0.29, 0.717) is 12.0 Å². The fourth-order valence-electron chi connectivity index (χ4n) is 2.36. The van der Waals surface area contributed by atoms with Gasteiger partial charge in [0.15, 0.2) is 0 Å². The summed E-state index contributed by atoms with van der Waals surface area (Å²) < 4.78 is 0.873. The fourth-order valence-corrected chi connectivity index (χ4v) is 3.50. The third-order valence-electron chi connectivity index (χ3n) is 3.45. The van der Waals surface area contributed by atoms with Gasteiger partial charge < -0.3 is 5.32 Å². The summed E-state index contributed by atoms with van der Waals surface area (Å²) in [6, 6.07) is 15.3. The van der Waals surface area contributed by atoms with Crippen molar-refractivity contribution in [2.45, 2.75) is 32.2 Å². The third-order valence-corrected chi connectivity index (χ3v) is 4.70. The van der Waals surface area contributed by atoms with Crippen LogP contribution >= 0.6 is 22.9 Å². The maximum Gasteiger partial charge on any atom is 0.0931 e. The van der Waals surface area contributed by atoms with Crippen LogP contribution in [0.2, 0.25) is 4.34 Å². The molecule has 2 atom stereocenters. The molecule has 102 valence electrons. The molecule has 0 aliphatic carbocycles. The highest BCUT2D eigenvalue weighted by atomic mass is 35.5. The highest BCUT2D eigenvalue weighted by Crippen LogP contribution is 2.27. The molecule has 1 nitrogen and oxygen atoms in total. The van der Waals surface area contributed by atoms with Crippen LogP contribution in [0, 0.1) is 0 Å². The summed E-state index contributed by atoms with van der Waals surface area (Å²) in [4.78, 5) is 1.35. The van der Waals surface area contributed by atoms with Crippen LogP contribution in [-0.2, 0) is 6.42 Å². The van der Waals surface area contributed by atoms with Crippen molar-refractivity contribution in [3.63, 3.8) is 0 Å². The minimum Gasteiger partial charge on any atom is -0.313 e. The van der Waals surface area contributed by atoms with Crippen molar-refractivity contribution in [2.24, 2.45) is 0 Å². The molecule has 1 heterocycles. The zero-order valence-electron chi connectivity index (χ0n) is 11.4. The van der Waals surface area contributed by atoms with Crippen molar-refractivity contribution < 1.29 is 0 Å². The number of benzene rings is 1. The van der Waals surface area contributed by atoms with E-state index in [0.717, 1.165) is 17.3 Å². The molecule has 19 heavy (non-hydrogen) atoms. The first-order valence-electron chi connectivity index (χ1n) is 6.73. The lowest BCUT2D eigenvalue weighted by molar-refractivity contribution is 0.460. The summed E-state index contributed by atoms with van der Waals surface area (Å²) in [5.41, 5.74) is 1.39. The molecule has 0 amide bonds. The molecule has 3 heteroatoms. The van der Waals surface area contributed by atoms with Crippen LogP contribution in [0.4, 0.5) is 0 Å². The molecule has 0 spiro atoms. The minimum atomic E-state index is 0.446. The number of hydrogen-bond donors (Lipinski definition) is 1. The Kier molecular flexibility index (Phi) is 5.44. The quantitative estimate of drug-likeness (QED) is 0.812. The van der Waals surface area contributed by atoms with Crippen molar-refractivity contribution in [3.05, 3.63) is 57.2 Å². The zero-order chi connectivity index (χ0) is 13.7. The van der Waals surface area contributed by atoms with Gasteiger partial charge in [-0.25, -0.2) is 0 Å². The van der Waals surface area contributed by atoms with E-state index in [1.54, 1.807) is 11.3 Å². The van der Waals surface area contributed by atoms with Crippen LogP contribution in [0.3, 0.4) is 0 Å². The summed E-state index contributed by atoms with van der Waals surface area (Å²) in [7, 11) is 0. The maximum atomic E-state index is 6.02. The third kappa shape index (κ3) is 4.07. The standard InChI is InChI=1S/C16H20ClNS/c1-3-18-15(11-14-9-10-16(17)19-14)12(2)13-7-5-4-6-8-13/h4-10,12,15,18H,3,11H2,1-2H3. The summed E-state index contributed by atoms with van der Waals surface area (Å²) >= 11 is 7.70. The van der Waals surface area contributed by atoms with Gasteiger partial charge in [-0.05, 0) is 36.6 Å². The Balaban J connectivity index is 2.11. The van der Waals surface area contributed by atoms with E-state index in [9.17, 15) is 0 Å². The first-order chi connectivity index (χ1) is 9.20. The van der Waals surface area contributed by atoms with Gasteiger partial charge in [-0.15, -0.1) is 11.3 Å². The highest BCUT2D eigenvalue weighted by Gasteiger charge is 2.19. The predicted molar refractivity (Wildman–Crippen MR) is 85.4 cm³/mol. The van der Waals surface area contributed by atoms with E-state index in [4.69, 9.17) is 11.6 Å². The summed E-state index contributed by atoms with van der Waals surface area (Å²) in [6.07, 6.45) is 1.03. The van der Waals surface area contributed by atoms with Crippen molar-refractivity contribution in [2.75, 3.05) is 6.54 Å². The average Bonchev–Trinajstić information content (AvgIpc) is 2.84. The molecule has 1 N–H and O–H groups in total. The van der Waals surface area contributed by atoms with Crippen LogP contribution < -0.4 is 5.32 Å². The SMILES string of the molecule is CCNC(Cc1ccc(Cl)s1)C(C)c1ccccc1. The van der Waals surface area contributed by atoms with Crippen molar-refractivity contribution in [1.82, 2.24) is 5.32 Å². The summed E-state index contributed by atoms with van der Waals surface area (Å²) in [5, 5.41) is 3.60. The van der Waals surface area contributed by atoms with E-state index in [1.807, 2.05) is 6.07 Å². The van der Waals surface area contributed by atoms with Crippen LogP contribution in [0.25, 0.3) is 0 Å². The average molecular weight is 294 g/mol. The van der Waals surface area contributed by atoms with E-state index < -0.39 is 0 Å². The normalized spacial score (nSPS) is 14.3. The van der Waals surface area contributed by atoms with Gasteiger partial charge in [-0.2, -0.15) is 0 Å². The number of likely N-dealkylation sites (N-methyl/N-ethyl adjacent to an activating group) is 1. The smallest absolute Gasteiger partial charge is 0.0931 e. The second-order valence-electron chi connectivity index (χ2n) is 4.77. The molecule has 0 saturated carbocycles. The Morgan fingerprint density at radius 1 is 1.16 bits per heavy atom. The molecule has 0 bridgehead atoms. The van der Waals surface area contributed by atoms with E-state index >= 15 is 0 Å². The monoisotopic (exact) mass is 293 g/mol. The van der Waals surface area contributed by atoms with Crippen LogP contribution in [0.5, 0.6) is 0 Å². The van der Waals surface area contributed by atoms with Crippen molar-refractivity contribution in [3.8, 4) is 0 Å². The van der Waals surface area contributed by atoms with E-state index in [2.05, 4.69) is 55.6 Å². The van der Waals surface area contributed by atoms with Crippen LogP contribution in [0.1, 0.15) is 30.2 Å². The first kappa shape index (κ1) is 14.6. The Morgan fingerprint density at radius 2 is 1.89 bits per heavy atom. The second kappa shape index (κ2) is 7.09. The topological polar surface area (TPSA) is 12.0 Å². The lowest BCUT2D eigenvalue weighted by Crippen LogP contribution is -2.35. The van der Waals surface area contributed by atoms with Gasteiger partial charge >= 0.3 is 0 Å². The molecule has 2 unspecified atom stereocenters. The lowest BCUT2D eigenvalue weighted by Gasteiger charge is -2.25. The Morgan fingerprint density at radius 3 is 2.47 bits per heavy atom. The molecule has 1 aromatic heterocycles. The minimum absolute atomic E-state index is 0.446. The molecule has 1 aromatic carbocycles. The lowest BCUT2D eigenvalue weighted by atomic mass is 9.91. The zero-order valence-corrected chi connectivity index (χ0v) is 13.0. The number of thiophene rings is 1. The Bertz CT molecular complexity index is 494. The number of hydrogen-bond acceptors (Lipinski definition) is 2. The van der Waals surface area contributed by atoms with Gasteiger partial charge in [0.1, 0.15) is 0 Å². The molecular formula is C16H20ClNS. The first-order valence-corrected chi connectivity index (χ1v) is 7.92. The Hall–Kier alpha value is -0.830. The van der Waals surface area contributed by atoms with Gasteiger partial charge in [0, 0.05) is 10.9 Å². The molecular weight excluding hydrogens is 274 g/mol. The number of nitrogens with one attached hydrogen (secondary N) is 1. The summed E-state index contributed by atoms with van der Waals surface area (Å²) in [6.45, 7) is 5.44. The molecule has 0 aliphatic rings. The highest BCUT2D eigenvalue weighted by molar-refractivity contribution is 7.16.